The first kappa shape index (κ1) is 19.5. The van der Waals surface area contributed by atoms with Crippen molar-refractivity contribution in [2.24, 2.45) is 0 Å². The molecule has 0 spiro atoms. The number of rotatable bonds is 1. The van der Waals surface area contributed by atoms with Gasteiger partial charge in [0.25, 0.3) is 0 Å². The van der Waals surface area contributed by atoms with E-state index in [2.05, 4.69) is 68.6 Å². The van der Waals surface area contributed by atoms with Crippen LogP contribution in [0.2, 0.25) is 0 Å². The average molecular weight is 256 g/mol. The molecule has 0 saturated carbocycles. The minimum atomic E-state index is 1.28. The molecule has 0 amide bonds. The maximum Gasteiger partial charge on any atom is -0.0184 e. The van der Waals surface area contributed by atoms with Crippen molar-refractivity contribution < 1.29 is 0 Å². The molecule has 0 N–H and O–H groups in total. The predicted octanol–water partition coefficient (Wildman–Crippen LogP) is 6.52. The largest absolute Gasteiger partial charge is 0.106 e. The second-order valence-electron chi connectivity index (χ2n) is 3.23. The summed E-state index contributed by atoms with van der Waals surface area (Å²) in [5.74, 6) is 0. The molecule has 0 bridgehead atoms. The van der Waals surface area contributed by atoms with Crippen LogP contribution < -0.4 is 0 Å². The van der Waals surface area contributed by atoms with Crippen molar-refractivity contribution >= 4 is 0 Å². The minimum Gasteiger partial charge on any atom is -0.106 e. The summed E-state index contributed by atoms with van der Waals surface area (Å²) in [6.45, 7) is 16.1. The lowest BCUT2D eigenvalue weighted by molar-refractivity contribution is 1.47. The van der Waals surface area contributed by atoms with Crippen molar-refractivity contribution in [3.63, 3.8) is 0 Å². The van der Waals surface area contributed by atoms with Gasteiger partial charge < -0.3 is 0 Å². The first-order valence-corrected chi connectivity index (χ1v) is 6.98. The topological polar surface area (TPSA) is 0 Å². The predicted molar refractivity (Wildman–Crippen MR) is 90.6 cm³/mol. The highest BCUT2D eigenvalue weighted by molar-refractivity contribution is 5.63. The molecule has 0 unspecified atom stereocenters. The lowest BCUT2D eigenvalue weighted by Gasteiger charge is -2.00. The molecule has 0 atom stereocenters. The van der Waals surface area contributed by atoms with E-state index in [-0.39, 0.29) is 0 Å². The fraction of sp³-hybridized carbons (Fsp3) is 0.263. The van der Waals surface area contributed by atoms with Crippen LogP contribution in [0.4, 0.5) is 0 Å². The Kier molecular flexibility index (Phi) is 14.6. The number of hydrogen-bond acceptors (Lipinski definition) is 0. The van der Waals surface area contributed by atoms with Crippen LogP contribution in [0.1, 0.15) is 33.3 Å². The Labute approximate surface area is 119 Å². The molecule has 2 aromatic carbocycles. The third-order valence-electron chi connectivity index (χ3n) is 2.16. The summed E-state index contributed by atoms with van der Waals surface area (Å²) in [7, 11) is 0. The van der Waals surface area contributed by atoms with Gasteiger partial charge in [-0.1, -0.05) is 87.9 Å². The quantitative estimate of drug-likeness (QED) is 0.510. The summed E-state index contributed by atoms with van der Waals surface area (Å²) in [6, 6.07) is 19.0. The van der Waals surface area contributed by atoms with Gasteiger partial charge in [-0.3, -0.25) is 0 Å². The Balaban J connectivity index is 0. The summed E-state index contributed by atoms with van der Waals surface area (Å²) >= 11 is 0. The Morgan fingerprint density at radius 3 is 1.37 bits per heavy atom. The smallest absolute Gasteiger partial charge is 0.0184 e. The van der Waals surface area contributed by atoms with Crippen LogP contribution in [0, 0.1) is 6.92 Å². The maximum absolute atomic E-state index is 3.00. The summed E-state index contributed by atoms with van der Waals surface area (Å²) in [5.41, 5.74) is 3.87. The van der Waals surface area contributed by atoms with Gasteiger partial charge in [-0.2, -0.15) is 0 Å². The van der Waals surface area contributed by atoms with Gasteiger partial charge in [0, 0.05) is 0 Å². The van der Waals surface area contributed by atoms with E-state index in [0.29, 0.717) is 0 Å². The Bertz CT molecular complexity index is 384. The van der Waals surface area contributed by atoms with Gasteiger partial charge in [-0.15, -0.1) is 13.2 Å². The van der Waals surface area contributed by atoms with Gasteiger partial charge in [-0.25, -0.2) is 0 Å². The molecule has 0 aliphatic carbocycles. The Morgan fingerprint density at radius 2 is 0.947 bits per heavy atom. The third kappa shape index (κ3) is 7.99. The Hall–Kier alpha value is -1.82. The van der Waals surface area contributed by atoms with Crippen LogP contribution in [0.25, 0.3) is 11.1 Å². The molecule has 0 heteroatoms. The molecule has 0 aliphatic rings. The normalized spacial score (nSPS) is 7.63. The molecular formula is C19H28. The summed E-state index contributed by atoms with van der Waals surface area (Å²) in [4.78, 5) is 0. The van der Waals surface area contributed by atoms with E-state index in [1.807, 2.05) is 33.8 Å². The minimum absolute atomic E-state index is 1.28. The Morgan fingerprint density at radius 1 is 0.579 bits per heavy atom. The maximum atomic E-state index is 3.00. The van der Waals surface area contributed by atoms with Gasteiger partial charge >= 0.3 is 0 Å². The van der Waals surface area contributed by atoms with E-state index >= 15 is 0 Å². The highest BCUT2D eigenvalue weighted by Crippen LogP contribution is 2.18. The molecule has 2 rings (SSSR count). The molecule has 0 saturated heterocycles. The number of hydrogen-bond donors (Lipinski definition) is 0. The zero-order valence-corrected chi connectivity index (χ0v) is 13.1. The lowest BCUT2D eigenvalue weighted by Crippen LogP contribution is -1.76. The van der Waals surface area contributed by atoms with Crippen LogP contribution in [-0.4, -0.2) is 0 Å². The van der Waals surface area contributed by atoms with E-state index in [0.717, 1.165) is 0 Å². The fourth-order valence-electron chi connectivity index (χ4n) is 1.38. The van der Waals surface area contributed by atoms with Crippen molar-refractivity contribution in [1.82, 2.24) is 0 Å². The molecule has 2 aromatic rings. The molecule has 104 valence electrons. The van der Waals surface area contributed by atoms with E-state index < -0.39 is 0 Å². The van der Waals surface area contributed by atoms with Gasteiger partial charge in [0.2, 0.25) is 0 Å². The average Bonchev–Trinajstić information content (AvgIpc) is 2.55. The lowest BCUT2D eigenvalue weighted by atomic mass is 10.0. The zero-order chi connectivity index (χ0) is 15.1. The fourth-order valence-corrected chi connectivity index (χ4v) is 1.38. The van der Waals surface area contributed by atoms with E-state index in [1.165, 1.54) is 16.7 Å². The van der Waals surface area contributed by atoms with Crippen molar-refractivity contribution in [3.05, 3.63) is 73.3 Å². The van der Waals surface area contributed by atoms with Crippen molar-refractivity contribution in [3.8, 4) is 11.1 Å². The molecule has 0 radical (unpaired) electrons. The highest BCUT2D eigenvalue weighted by atomic mass is 14.0. The van der Waals surface area contributed by atoms with E-state index in [9.17, 15) is 0 Å². The van der Waals surface area contributed by atoms with Crippen LogP contribution >= 0.6 is 0 Å². The van der Waals surface area contributed by atoms with Crippen LogP contribution in [-0.2, 0) is 0 Å². The monoisotopic (exact) mass is 256 g/mol. The number of benzene rings is 2. The standard InChI is InChI=1S/C13H12.2C2H6.C2H4/c1-11-7-9-13(10-8-11)12-5-3-2-4-6-12;3*1-2/h2-10H,1H3;2*1-2H3;1-2H2. The van der Waals surface area contributed by atoms with Crippen molar-refractivity contribution in [2.75, 3.05) is 0 Å². The summed E-state index contributed by atoms with van der Waals surface area (Å²) in [5, 5.41) is 0. The highest BCUT2D eigenvalue weighted by Gasteiger charge is 1.93. The molecule has 19 heavy (non-hydrogen) atoms. The molecule has 0 heterocycles. The SMILES string of the molecule is C=C.CC.CC.Cc1ccc(-c2ccccc2)cc1. The zero-order valence-electron chi connectivity index (χ0n) is 13.1. The van der Waals surface area contributed by atoms with Crippen LogP contribution in [0.3, 0.4) is 0 Å². The number of aryl methyl sites for hydroxylation is 1. The van der Waals surface area contributed by atoms with E-state index in [1.54, 1.807) is 0 Å². The van der Waals surface area contributed by atoms with Crippen molar-refractivity contribution in [2.45, 2.75) is 34.6 Å². The summed E-state index contributed by atoms with van der Waals surface area (Å²) in [6.07, 6.45) is 0. The van der Waals surface area contributed by atoms with Gasteiger partial charge in [0.15, 0.2) is 0 Å². The van der Waals surface area contributed by atoms with E-state index in [4.69, 9.17) is 0 Å². The molecule has 0 fully saturated rings. The third-order valence-corrected chi connectivity index (χ3v) is 2.16. The van der Waals surface area contributed by atoms with Crippen LogP contribution in [0.5, 0.6) is 0 Å². The second kappa shape index (κ2) is 14.2. The second-order valence-corrected chi connectivity index (χ2v) is 3.23. The first-order valence-electron chi connectivity index (χ1n) is 6.98. The molecule has 0 aromatic heterocycles. The summed E-state index contributed by atoms with van der Waals surface area (Å²) < 4.78 is 0. The van der Waals surface area contributed by atoms with Gasteiger partial charge in [0.05, 0.1) is 0 Å². The van der Waals surface area contributed by atoms with Crippen LogP contribution in [0.15, 0.2) is 67.8 Å². The van der Waals surface area contributed by atoms with Crippen molar-refractivity contribution in [1.29, 1.82) is 0 Å². The molecule has 0 nitrogen and oxygen atoms in total. The molecular weight excluding hydrogens is 228 g/mol. The molecule has 0 aliphatic heterocycles. The first-order chi connectivity index (χ1) is 9.36. The van der Waals surface area contributed by atoms with Gasteiger partial charge in [-0.05, 0) is 18.1 Å². The van der Waals surface area contributed by atoms with Gasteiger partial charge in [0.1, 0.15) is 0 Å².